The predicted octanol–water partition coefficient (Wildman–Crippen LogP) is 4.51. The number of hydrogen-bond donors (Lipinski definition) is 1. The zero-order valence-corrected chi connectivity index (χ0v) is 18.6. The van der Waals surface area contributed by atoms with Crippen molar-refractivity contribution in [2.45, 2.75) is 44.9 Å². The molecule has 1 amide bonds. The molecule has 1 aromatic rings. The van der Waals surface area contributed by atoms with Crippen molar-refractivity contribution >= 4 is 23.2 Å². The Morgan fingerprint density at radius 1 is 1.16 bits per heavy atom. The minimum absolute atomic E-state index is 0.0921. The van der Waals surface area contributed by atoms with E-state index >= 15 is 0 Å². The number of rotatable bonds is 7. The summed E-state index contributed by atoms with van der Waals surface area (Å²) in [4.78, 5) is 16.6. The third-order valence-electron chi connectivity index (χ3n) is 6.16. The lowest BCUT2D eigenvalue weighted by Gasteiger charge is -2.35. The van der Waals surface area contributed by atoms with E-state index in [9.17, 15) is 18.0 Å². The molecule has 1 heterocycles. The second-order valence-electron chi connectivity index (χ2n) is 8.53. The van der Waals surface area contributed by atoms with Gasteiger partial charge in [0.2, 0.25) is 5.91 Å². The number of halogens is 4. The number of piperazine rings is 1. The Hall–Kier alpha value is -1.35. The third-order valence-corrected chi connectivity index (χ3v) is 6.49. The molecule has 0 spiro atoms. The molecule has 174 valence electrons. The number of amides is 1. The van der Waals surface area contributed by atoms with Gasteiger partial charge < -0.3 is 10.1 Å². The molecular formula is C22H31ClF3N3O2. The molecule has 31 heavy (non-hydrogen) atoms. The zero-order valence-electron chi connectivity index (χ0n) is 17.9. The largest absolute Gasteiger partial charge is 0.417 e. The molecule has 1 aromatic carbocycles. The molecule has 5 nitrogen and oxygen atoms in total. The number of hydrogen-bond acceptors (Lipinski definition) is 4. The van der Waals surface area contributed by atoms with E-state index in [1.165, 1.54) is 25.3 Å². The van der Waals surface area contributed by atoms with Gasteiger partial charge >= 0.3 is 6.18 Å². The van der Waals surface area contributed by atoms with Crippen molar-refractivity contribution in [1.29, 1.82) is 0 Å². The normalized spacial score (nSPS) is 23.6. The molecule has 1 saturated carbocycles. The highest BCUT2D eigenvalue weighted by Crippen LogP contribution is 2.36. The standard InChI is InChI=1S/C22H31ClF3N3O2/c1-16-4-2-3-5-20(16)31-13-12-28-8-10-29(11-9-28)15-21(30)27-17-6-7-19(23)18(14-17)22(24,25)26/h6-7,14,16,20H,2-5,8-13,15H2,1H3,(H,27,30). The quantitative estimate of drug-likeness (QED) is 0.649. The van der Waals surface area contributed by atoms with Gasteiger partial charge in [-0.05, 0) is 37.0 Å². The number of alkyl halides is 3. The first-order chi connectivity index (χ1) is 14.7. The first kappa shape index (κ1) is 24.3. The van der Waals surface area contributed by atoms with Crippen molar-refractivity contribution in [2.75, 3.05) is 51.2 Å². The van der Waals surface area contributed by atoms with Crippen LogP contribution in [0.2, 0.25) is 5.02 Å². The molecule has 0 radical (unpaired) electrons. The van der Waals surface area contributed by atoms with Crippen molar-refractivity contribution in [3.63, 3.8) is 0 Å². The molecule has 2 aliphatic rings. The van der Waals surface area contributed by atoms with Gasteiger partial charge in [0.15, 0.2) is 0 Å². The lowest BCUT2D eigenvalue weighted by molar-refractivity contribution is -0.137. The van der Waals surface area contributed by atoms with Crippen LogP contribution in [0.3, 0.4) is 0 Å². The fourth-order valence-corrected chi connectivity index (χ4v) is 4.48. The Labute approximate surface area is 186 Å². The molecule has 1 N–H and O–H groups in total. The van der Waals surface area contributed by atoms with Crippen molar-refractivity contribution in [2.24, 2.45) is 5.92 Å². The Bertz CT molecular complexity index is 739. The van der Waals surface area contributed by atoms with Crippen LogP contribution in [0.15, 0.2) is 18.2 Å². The number of carbonyl (C=O) groups excluding carboxylic acids is 1. The van der Waals surface area contributed by atoms with Crippen LogP contribution >= 0.6 is 11.6 Å². The summed E-state index contributed by atoms with van der Waals surface area (Å²) in [6.07, 6.45) is 0.777. The average Bonchev–Trinajstić information content (AvgIpc) is 2.71. The molecule has 2 unspecified atom stereocenters. The zero-order chi connectivity index (χ0) is 22.4. The highest BCUT2D eigenvalue weighted by Gasteiger charge is 2.33. The summed E-state index contributed by atoms with van der Waals surface area (Å²) in [5, 5.41) is 2.16. The van der Waals surface area contributed by atoms with Crippen LogP contribution in [0.25, 0.3) is 0 Å². The van der Waals surface area contributed by atoms with E-state index in [4.69, 9.17) is 16.3 Å². The number of ether oxygens (including phenoxy) is 1. The van der Waals surface area contributed by atoms with Crippen LogP contribution in [-0.4, -0.2) is 67.7 Å². The number of anilines is 1. The molecule has 2 atom stereocenters. The topological polar surface area (TPSA) is 44.8 Å². The van der Waals surface area contributed by atoms with Gasteiger partial charge in [-0.15, -0.1) is 0 Å². The monoisotopic (exact) mass is 461 g/mol. The van der Waals surface area contributed by atoms with E-state index < -0.39 is 11.7 Å². The molecule has 2 fully saturated rings. The smallest absolute Gasteiger partial charge is 0.377 e. The number of nitrogens with one attached hydrogen (secondary N) is 1. The summed E-state index contributed by atoms with van der Waals surface area (Å²) in [7, 11) is 0. The highest BCUT2D eigenvalue weighted by atomic mass is 35.5. The minimum Gasteiger partial charge on any atom is -0.377 e. The predicted molar refractivity (Wildman–Crippen MR) is 115 cm³/mol. The summed E-state index contributed by atoms with van der Waals surface area (Å²) in [5.41, 5.74) is -0.861. The van der Waals surface area contributed by atoms with E-state index in [0.29, 0.717) is 12.0 Å². The van der Waals surface area contributed by atoms with E-state index in [1.807, 2.05) is 4.90 Å². The van der Waals surface area contributed by atoms with Crippen LogP contribution < -0.4 is 5.32 Å². The van der Waals surface area contributed by atoms with Crippen molar-refractivity contribution in [1.82, 2.24) is 9.80 Å². The van der Waals surface area contributed by atoms with Crippen LogP contribution in [0, 0.1) is 5.92 Å². The molecule has 1 aliphatic carbocycles. The Morgan fingerprint density at radius 2 is 1.84 bits per heavy atom. The van der Waals surface area contributed by atoms with Gasteiger partial charge in [0.25, 0.3) is 0 Å². The van der Waals surface area contributed by atoms with E-state index in [2.05, 4.69) is 17.1 Å². The maximum Gasteiger partial charge on any atom is 0.417 e. The first-order valence-corrected chi connectivity index (χ1v) is 11.3. The van der Waals surface area contributed by atoms with Gasteiger partial charge in [-0.25, -0.2) is 0 Å². The van der Waals surface area contributed by atoms with Gasteiger partial charge in [-0.1, -0.05) is 31.4 Å². The van der Waals surface area contributed by atoms with E-state index in [1.54, 1.807) is 0 Å². The second kappa shape index (κ2) is 11.0. The summed E-state index contributed by atoms with van der Waals surface area (Å²) >= 11 is 5.62. The fourth-order valence-electron chi connectivity index (χ4n) is 4.26. The number of nitrogens with zero attached hydrogens (tertiary/aromatic N) is 2. The molecule has 0 bridgehead atoms. The molecule has 0 aromatic heterocycles. The van der Waals surface area contributed by atoms with Gasteiger partial charge in [-0.2, -0.15) is 13.2 Å². The fraction of sp³-hybridized carbons (Fsp3) is 0.682. The lowest BCUT2D eigenvalue weighted by atomic mass is 9.88. The van der Waals surface area contributed by atoms with E-state index in [0.717, 1.165) is 57.9 Å². The highest BCUT2D eigenvalue weighted by molar-refractivity contribution is 6.31. The third kappa shape index (κ3) is 7.34. The van der Waals surface area contributed by atoms with Gasteiger partial charge in [0, 0.05) is 38.4 Å². The van der Waals surface area contributed by atoms with Crippen LogP contribution in [0.1, 0.15) is 38.2 Å². The van der Waals surface area contributed by atoms with E-state index in [-0.39, 0.29) is 23.2 Å². The number of benzene rings is 1. The molecular weight excluding hydrogens is 431 g/mol. The Kier molecular flexibility index (Phi) is 8.61. The summed E-state index contributed by atoms with van der Waals surface area (Å²) in [6, 6.07) is 3.39. The van der Waals surface area contributed by atoms with Crippen molar-refractivity contribution in [3.05, 3.63) is 28.8 Å². The Morgan fingerprint density at radius 3 is 2.52 bits per heavy atom. The Balaban J connectivity index is 1.37. The minimum atomic E-state index is -4.56. The summed E-state index contributed by atoms with van der Waals surface area (Å²) in [5.74, 6) is 0.301. The van der Waals surface area contributed by atoms with Crippen LogP contribution in [0.5, 0.6) is 0 Å². The first-order valence-electron chi connectivity index (χ1n) is 11.0. The SMILES string of the molecule is CC1CCCCC1OCCN1CCN(CC(=O)Nc2ccc(Cl)c(C(F)(F)F)c2)CC1. The van der Waals surface area contributed by atoms with Crippen LogP contribution in [-0.2, 0) is 15.7 Å². The maximum atomic E-state index is 13.0. The maximum absolute atomic E-state index is 13.0. The molecule has 1 aliphatic heterocycles. The summed E-state index contributed by atoms with van der Waals surface area (Å²) in [6.45, 7) is 7.19. The van der Waals surface area contributed by atoms with Crippen molar-refractivity contribution < 1.29 is 22.7 Å². The number of carbonyl (C=O) groups is 1. The van der Waals surface area contributed by atoms with Crippen molar-refractivity contribution in [3.8, 4) is 0 Å². The molecule has 3 rings (SSSR count). The van der Waals surface area contributed by atoms with Gasteiger partial charge in [-0.3, -0.25) is 14.6 Å². The second-order valence-corrected chi connectivity index (χ2v) is 8.94. The van der Waals surface area contributed by atoms with Crippen LogP contribution in [0.4, 0.5) is 18.9 Å². The molecule has 1 saturated heterocycles. The van der Waals surface area contributed by atoms with Gasteiger partial charge in [0.1, 0.15) is 0 Å². The van der Waals surface area contributed by atoms with Gasteiger partial charge in [0.05, 0.1) is 29.8 Å². The lowest BCUT2D eigenvalue weighted by Crippen LogP contribution is -2.49. The summed E-state index contributed by atoms with van der Waals surface area (Å²) < 4.78 is 45.0. The molecule has 9 heteroatoms. The average molecular weight is 462 g/mol.